The number of thiazole rings is 1. The first-order chi connectivity index (χ1) is 10.3. The van der Waals surface area contributed by atoms with E-state index in [0.717, 1.165) is 11.3 Å². The van der Waals surface area contributed by atoms with Gasteiger partial charge in [0, 0.05) is 6.92 Å². The van der Waals surface area contributed by atoms with E-state index in [0.29, 0.717) is 16.0 Å². The fraction of sp³-hybridized carbons (Fsp3) is 0.333. The van der Waals surface area contributed by atoms with E-state index in [1.807, 2.05) is 0 Å². The summed E-state index contributed by atoms with van der Waals surface area (Å²) in [4.78, 5) is 14.5. The molecule has 2 aromatic rings. The molecule has 0 radical (unpaired) electrons. The summed E-state index contributed by atoms with van der Waals surface area (Å²) in [6, 6.07) is 4.78. The first-order valence-electron chi connectivity index (χ1n) is 6.13. The summed E-state index contributed by atoms with van der Waals surface area (Å²) in [5, 5.41) is 14.6. The SMILES string of the molecule is CC(=O)OCC(O)COc1ccc2nc(S(N)(=O)=O)sc2c1. The topological polar surface area (TPSA) is 129 Å². The Bertz CT molecular complexity index is 786. The molecule has 0 saturated carbocycles. The molecule has 1 heterocycles. The number of primary sulfonamides is 1. The molecule has 1 aromatic heterocycles. The van der Waals surface area contributed by atoms with Crippen molar-refractivity contribution in [3.05, 3.63) is 18.2 Å². The third-order valence-electron chi connectivity index (χ3n) is 2.51. The van der Waals surface area contributed by atoms with E-state index in [2.05, 4.69) is 9.72 Å². The van der Waals surface area contributed by atoms with Crippen molar-refractivity contribution in [2.45, 2.75) is 17.4 Å². The van der Waals surface area contributed by atoms with Crippen LogP contribution in [0, 0.1) is 0 Å². The van der Waals surface area contributed by atoms with Gasteiger partial charge in [0.1, 0.15) is 25.1 Å². The molecular weight excluding hydrogens is 332 g/mol. The zero-order chi connectivity index (χ0) is 16.3. The van der Waals surface area contributed by atoms with Gasteiger partial charge in [-0.2, -0.15) is 0 Å². The van der Waals surface area contributed by atoms with Crippen molar-refractivity contribution in [1.29, 1.82) is 0 Å². The quantitative estimate of drug-likeness (QED) is 0.717. The zero-order valence-electron chi connectivity index (χ0n) is 11.6. The Hall–Kier alpha value is -1.75. The summed E-state index contributed by atoms with van der Waals surface area (Å²) in [5.41, 5.74) is 0.488. The molecule has 0 amide bonds. The van der Waals surface area contributed by atoms with Crippen LogP contribution in [0.3, 0.4) is 0 Å². The summed E-state index contributed by atoms with van der Waals surface area (Å²) in [6.07, 6.45) is -0.957. The number of hydrogen-bond acceptors (Lipinski definition) is 8. The molecule has 3 N–H and O–H groups in total. The number of aliphatic hydroxyl groups excluding tert-OH is 1. The van der Waals surface area contributed by atoms with E-state index in [1.54, 1.807) is 18.2 Å². The maximum absolute atomic E-state index is 11.2. The van der Waals surface area contributed by atoms with E-state index in [1.165, 1.54) is 6.92 Å². The van der Waals surface area contributed by atoms with Crippen molar-refractivity contribution >= 4 is 37.5 Å². The highest BCUT2D eigenvalue weighted by Crippen LogP contribution is 2.28. The Balaban J connectivity index is 2.05. The largest absolute Gasteiger partial charge is 0.491 e. The molecule has 120 valence electrons. The molecule has 2 rings (SSSR count). The number of rotatable bonds is 6. The fourth-order valence-electron chi connectivity index (χ4n) is 1.55. The molecule has 0 saturated heterocycles. The molecular formula is C12H14N2O6S2. The number of sulfonamides is 1. The second-order valence-corrected chi connectivity index (χ2v) is 7.19. The predicted molar refractivity (Wildman–Crippen MR) is 79.1 cm³/mol. The smallest absolute Gasteiger partial charge is 0.302 e. The molecule has 1 atom stereocenters. The van der Waals surface area contributed by atoms with Gasteiger partial charge in [-0.05, 0) is 18.2 Å². The minimum absolute atomic E-state index is 0.0698. The molecule has 0 spiro atoms. The monoisotopic (exact) mass is 346 g/mol. The number of hydrogen-bond donors (Lipinski definition) is 2. The van der Waals surface area contributed by atoms with E-state index in [4.69, 9.17) is 9.88 Å². The van der Waals surface area contributed by atoms with Crippen LogP contribution in [0.5, 0.6) is 5.75 Å². The van der Waals surface area contributed by atoms with Crippen LogP contribution in [-0.2, 0) is 19.6 Å². The number of carbonyl (C=O) groups is 1. The van der Waals surface area contributed by atoms with Crippen LogP contribution in [0.25, 0.3) is 10.2 Å². The first kappa shape index (κ1) is 16.6. The highest BCUT2D eigenvalue weighted by molar-refractivity contribution is 7.91. The van der Waals surface area contributed by atoms with E-state index in [-0.39, 0.29) is 17.6 Å². The van der Waals surface area contributed by atoms with Gasteiger partial charge in [-0.25, -0.2) is 18.5 Å². The Kier molecular flexibility index (Phi) is 4.96. The van der Waals surface area contributed by atoms with Gasteiger partial charge in [-0.3, -0.25) is 4.79 Å². The minimum atomic E-state index is -3.84. The van der Waals surface area contributed by atoms with Crippen LogP contribution >= 0.6 is 11.3 Å². The first-order valence-corrected chi connectivity index (χ1v) is 8.49. The lowest BCUT2D eigenvalue weighted by atomic mass is 10.3. The van der Waals surface area contributed by atoms with Crippen LogP contribution in [-0.4, -0.2) is 43.8 Å². The highest BCUT2D eigenvalue weighted by atomic mass is 32.2. The highest BCUT2D eigenvalue weighted by Gasteiger charge is 2.15. The molecule has 8 nitrogen and oxygen atoms in total. The van der Waals surface area contributed by atoms with Crippen molar-refractivity contribution in [3.63, 3.8) is 0 Å². The second-order valence-electron chi connectivity index (χ2n) is 4.42. The third-order valence-corrected chi connectivity index (χ3v) is 4.84. The Morgan fingerprint density at radius 2 is 2.18 bits per heavy atom. The van der Waals surface area contributed by atoms with Crippen molar-refractivity contribution in [1.82, 2.24) is 4.98 Å². The molecule has 0 aliphatic heterocycles. The number of nitrogens with zero attached hydrogens (tertiary/aromatic N) is 1. The lowest BCUT2D eigenvalue weighted by Crippen LogP contribution is -2.24. The molecule has 1 aromatic carbocycles. The number of carbonyl (C=O) groups excluding carboxylic acids is 1. The van der Waals surface area contributed by atoms with Gasteiger partial charge in [-0.1, -0.05) is 0 Å². The third kappa shape index (κ3) is 4.37. The van der Waals surface area contributed by atoms with Crippen molar-refractivity contribution in [3.8, 4) is 5.75 Å². The molecule has 0 aliphatic carbocycles. The molecule has 0 aliphatic rings. The molecule has 22 heavy (non-hydrogen) atoms. The maximum atomic E-state index is 11.2. The van der Waals surface area contributed by atoms with Gasteiger partial charge in [0.25, 0.3) is 10.0 Å². The summed E-state index contributed by atoms with van der Waals surface area (Å²) in [7, 11) is -3.84. The minimum Gasteiger partial charge on any atom is -0.491 e. The number of benzene rings is 1. The number of fused-ring (bicyclic) bond motifs is 1. The van der Waals surface area contributed by atoms with Crippen LogP contribution in [0.4, 0.5) is 0 Å². The van der Waals surface area contributed by atoms with Crippen LogP contribution in [0.2, 0.25) is 0 Å². The summed E-state index contributed by atoms with van der Waals surface area (Å²) in [5.74, 6) is -0.0559. The van der Waals surface area contributed by atoms with Gasteiger partial charge in [-0.15, -0.1) is 11.3 Å². The lowest BCUT2D eigenvalue weighted by Gasteiger charge is -2.12. The predicted octanol–water partition coefficient (Wildman–Crippen LogP) is 0.247. The molecule has 0 bridgehead atoms. The standard InChI is InChI=1S/C12H14N2O6S2/c1-7(15)19-5-8(16)6-20-9-2-3-10-11(4-9)21-12(14-10)22(13,17)18/h2-4,8,16H,5-6H2,1H3,(H2,13,17,18). The lowest BCUT2D eigenvalue weighted by molar-refractivity contribution is -0.144. The summed E-state index contributed by atoms with van der Waals surface area (Å²) >= 11 is 0.931. The fourth-order valence-corrected chi connectivity index (χ4v) is 3.23. The Morgan fingerprint density at radius 3 is 2.82 bits per heavy atom. The van der Waals surface area contributed by atoms with Crippen LogP contribution in [0.15, 0.2) is 22.5 Å². The average molecular weight is 346 g/mol. The van der Waals surface area contributed by atoms with Crippen molar-refractivity contribution in [2.75, 3.05) is 13.2 Å². The van der Waals surface area contributed by atoms with Crippen LogP contribution in [0.1, 0.15) is 6.92 Å². The van der Waals surface area contributed by atoms with E-state index < -0.39 is 22.1 Å². The number of ether oxygens (including phenoxy) is 2. The van der Waals surface area contributed by atoms with Crippen LogP contribution < -0.4 is 9.88 Å². The molecule has 10 heteroatoms. The van der Waals surface area contributed by atoms with Gasteiger partial charge >= 0.3 is 5.97 Å². The van der Waals surface area contributed by atoms with Gasteiger partial charge in [0.2, 0.25) is 4.34 Å². The van der Waals surface area contributed by atoms with E-state index in [9.17, 15) is 18.3 Å². The van der Waals surface area contributed by atoms with Crippen molar-refractivity contribution in [2.24, 2.45) is 5.14 Å². The van der Waals surface area contributed by atoms with Gasteiger partial charge in [0.05, 0.1) is 10.2 Å². The maximum Gasteiger partial charge on any atom is 0.302 e. The number of esters is 1. The molecule has 1 unspecified atom stereocenters. The zero-order valence-corrected chi connectivity index (χ0v) is 13.2. The second kappa shape index (κ2) is 6.57. The number of nitrogens with two attached hydrogens (primary N) is 1. The number of aliphatic hydroxyl groups is 1. The summed E-state index contributed by atoms with van der Waals surface area (Å²) < 4.78 is 32.9. The Morgan fingerprint density at radius 1 is 1.45 bits per heavy atom. The van der Waals surface area contributed by atoms with E-state index >= 15 is 0 Å². The van der Waals surface area contributed by atoms with Gasteiger partial charge in [0.15, 0.2) is 0 Å². The summed E-state index contributed by atoms with van der Waals surface area (Å²) in [6.45, 7) is 1.02. The van der Waals surface area contributed by atoms with Crippen molar-refractivity contribution < 1.29 is 27.8 Å². The Labute approximate surface area is 130 Å². The average Bonchev–Trinajstić information content (AvgIpc) is 2.86. The number of aromatic nitrogens is 1. The molecule has 0 fully saturated rings. The normalized spacial score (nSPS) is 13.0. The van der Waals surface area contributed by atoms with Gasteiger partial charge < -0.3 is 14.6 Å².